The number of hydrogen-bond donors (Lipinski definition) is 1. The Labute approximate surface area is 119 Å². The van der Waals surface area contributed by atoms with Crippen LogP contribution in [0.1, 0.15) is 44.7 Å². The van der Waals surface area contributed by atoms with Gasteiger partial charge in [0.15, 0.2) is 0 Å². The molecule has 1 rings (SSSR count). The lowest BCUT2D eigenvalue weighted by molar-refractivity contribution is 0.332. The molecule has 0 amide bonds. The van der Waals surface area contributed by atoms with Gasteiger partial charge in [0.2, 0.25) is 0 Å². The second-order valence-electron chi connectivity index (χ2n) is 7.08. The first-order chi connectivity index (χ1) is 8.67. The Bertz CT molecular complexity index is 384. The zero-order valence-corrected chi connectivity index (χ0v) is 13.5. The van der Waals surface area contributed by atoms with Gasteiger partial charge in [0.1, 0.15) is 0 Å². The van der Waals surface area contributed by atoms with Gasteiger partial charge in [0.25, 0.3) is 0 Å². The average Bonchev–Trinajstić information content (AvgIpc) is 2.22. The van der Waals surface area contributed by atoms with Gasteiger partial charge in [0.05, 0.1) is 0 Å². The molecule has 0 aliphatic rings. The van der Waals surface area contributed by atoms with E-state index in [1.165, 1.54) is 16.8 Å². The van der Waals surface area contributed by atoms with Crippen LogP contribution in [0.25, 0.3) is 0 Å². The topological polar surface area (TPSA) is 29.3 Å². The van der Waals surface area contributed by atoms with E-state index in [-0.39, 0.29) is 6.04 Å². The molecule has 0 aliphatic heterocycles. The molecule has 108 valence electrons. The number of nitrogens with zero attached hydrogens (tertiary/aromatic N) is 1. The molecule has 2 N–H and O–H groups in total. The van der Waals surface area contributed by atoms with Crippen LogP contribution in [0.15, 0.2) is 18.2 Å². The molecule has 0 aromatic heterocycles. The maximum absolute atomic E-state index is 6.22. The lowest BCUT2D eigenvalue weighted by atomic mass is 9.87. The van der Waals surface area contributed by atoms with Crippen molar-refractivity contribution in [1.82, 2.24) is 0 Å². The minimum absolute atomic E-state index is 0.286. The van der Waals surface area contributed by atoms with Gasteiger partial charge in [-0.25, -0.2) is 0 Å². The van der Waals surface area contributed by atoms with Crippen LogP contribution in [0, 0.1) is 19.3 Å². The smallest absolute Gasteiger partial charge is 0.0368 e. The van der Waals surface area contributed by atoms with E-state index in [0.717, 1.165) is 19.4 Å². The van der Waals surface area contributed by atoms with Crippen LogP contribution in [0.2, 0.25) is 0 Å². The quantitative estimate of drug-likeness (QED) is 0.872. The molecule has 0 saturated heterocycles. The van der Waals surface area contributed by atoms with Gasteiger partial charge in [-0.1, -0.05) is 26.8 Å². The van der Waals surface area contributed by atoms with Crippen molar-refractivity contribution in [3.05, 3.63) is 29.3 Å². The largest absolute Gasteiger partial charge is 0.375 e. The molecule has 1 aromatic carbocycles. The van der Waals surface area contributed by atoms with E-state index in [1.54, 1.807) is 0 Å². The fourth-order valence-electron chi connectivity index (χ4n) is 2.55. The predicted molar refractivity (Wildman–Crippen MR) is 85.9 cm³/mol. The maximum atomic E-state index is 6.22. The van der Waals surface area contributed by atoms with Gasteiger partial charge in [-0.15, -0.1) is 0 Å². The Morgan fingerprint density at radius 1 is 1.11 bits per heavy atom. The summed E-state index contributed by atoms with van der Waals surface area (Å²) in [4.78, 5) is 2.31. The molecule has 19 heavy (non-hydrogen) atoms. The molecule has 0 bridgehead atoms. The molecule has 1 unspecified atom stereocenters. The summed E-state index contributed by atoms with van der Waals surface area (Å²) in [6, 6.07) is 6.97. The van der Waals surface area contributed by atoms with Crippen LogP contribution in [0.5, 0.6) is 0 Å². The number of rotatable bonds is 5. The van der Waals surface area contributed by atoms with Crippen LogP contribution in [-0.2, 0) is 0 Å². The summed E-state index contributed by atoms with van der Waals surface area (Å²) in [5, 5.41) is 0. The van der Waals surface area contributed by atoms with Crippen molar-refractivity contribution in [3.8, 4) is 0 Å². The molecule has 2 nitrogen and oxygen atoms in total. The van der Waals surface area contributed by atoms with E-state index in [0.29, 0.717) is 5.41 Å². The summed E-state index contributed by atoms with van der Waals surface area (Å²) in [5.41, 5.74) is 10.5. The number of benzene rings is 1. The van der Waals surface area contributed by atoms with Crippen molar-refractivity contribution in [2.24, 2.45) is 11.1 Å². The zero-order valence-electron chi connectivity index (χ0n) is 13.5. The Morgan fingerprint density at radius 3 is 2.11 bits per heavy atom. The lowest BCUT2D eigenvalue weighted by Crippen LogP contribution is -2.31. The highest BCUT2D eigenvalue weighted by Gasteiger charge is 2.16. The zero-order chi connectivity index (χ0) is 14.6. The van der Waals surface area contributed by atoms with E-state index in [1.807, 2.05) is 0 Å². The van der Waals surface area contributed by atoms with Gasteiger partial charge in [-0.05, 0) is 55.4 Å². The summed E-state index contributed by atoms with van der Waals surface area (Å²) in [6.07, 6.45) is 2.12. The molecule has 2 heteroatoms. The fourth-order valence-corrected chi connectivity index (χ4v) is 2.55. The van der Waals surface area contributed by atoms with Gasteiger partial charge in [0, 0.05) is 25.3 Å². The van der Waals surface area contributed by atoms with Crippen molar-refractivity contribution in [3.63, 3.8) is 0 Å². The second kappa shape index (κ2) is 6.42. The summed E-state index contributed by atoms with van der Waals surface area (Å²) in [6.45, 7) is 12.1. The van der Waals surface area contributed by atoms with Gasteiger partial charge >= 0.3 is 0 Å². The van der Waals surface area contributed by atoms with Crippen LogP contribution in [-0.4, -0.2) is 19.6 Å². The molecule has 1 aromatic rings. The number of anilines is 1. The fraction of sp³-hybridized carbons (Fsp3) is 0.647. The normalized spacial score (nSPS) is 13.4. The summed E-state index contributed by atoms with van der Waals surface area (Å²) in [5.74, 6) is 0. The van der Waals surface area contributed by atoms with E-state index in [2.05, 4.69) is 64.8 Å². The minimum atomic E-state index is 0.286. The number of aryl methyl sites for hydroxylation is 2. The third-order valence-electron chi connectivity index (χ3n) is 3.36. The Kier molecular flexibility index (Phi) is 5.42. The van der Waals surface area contributed by atoms with Crippen molar-refractivity contribution < 1.29 is 0 Å². The number of hydrogen-bond acceptors (Lipinski definition) is 2. The highest BCUT2D eigenvalue weighted by atomic mass is 15.1. The highest BCUT2D eigenvalue weighted by molar-refractivity contribution is 5.50. The second-order valence-corrected chi connectivity index (χ2v) is 7.08. The first kappa shape index (κ1) is 16.0. The molecule has 0 aliphatic carbocycles. The molecule has 0 heterocycles. The standard InChI is InChI=1S/C17H30N2/c1-13-9-14(2)11-16(10-13)19(6)8-7-15(18)12-17(3,4)5/h9-11,15H,7-8,12,18H2,1-6H3. The third kappa shape index (κ3) is 6.11. The van der Waals surface area contributed by atoms with Gasteiger partial charge in [-0.2, -0.15) is 0 Å². The van der Waals surface area contributed by atoms with Crippen LogP contribution >= 0.6 is 0 Å². The highest BCUT2D eigenvalue weighted by Crippen LogP contribution is 2.22. The lowest BCUT2D eigenvalue weighted by Gasteiger charge is -2.26. The predicted octanol–water partition coefficient (Wildman–Crippen LogP) is 3.89. The Morgan fingerprint density at radius 2 is 1.63 bits per heavy atom. The minimum Gasteiger partial charge on any atom is -0.375 e. The Balaban J connectivity index is 2.53. The molecular weight excluding hydrogens is 232 g/mol. The van der Waals surface area contributed by atoms with E-state index >= 15 is 0 Å². The molecule has 1 atom stereocenters. The first-order valence-corrected chi connectivity index (χ1v) is 7.22. The molecule has 0 fully saturated rings. The van der Waals surface area contributed by atoms with E-state index in [4.69, 9.17) is 5.73 Å². The Hall–Kier alpha value is -1.02. The number of nitrogens with two attached hydrogens (primary N) is 1. The van der Waals surface area contributed by atoms with Crippen LogP contribution in [0.4, 0.5) is 5.69 Å². The van der Waals surface area contributed by atoms with Crippen molar-refractivity contribution in [2.45, 2.75) is 53.5 Å². The average molecular weight is 262 g/mol. The van der Waals surface area contributed by atoms with Crippen molar-refractivity contribution >= 4 is 5.69 Å². The van der Waals surface area contributed by atoms with Crippen LogP contribution in [0.3, 0.4) is 0 Å². The van der Waals surface area contributed by atoms with Crippen molar-refractivity contribution in [1.29, 1.82) is 0 Å². The SMILES string of the molecule is Cc1cc(C)cc(N(C)CCC(N)CC(C)(C)C)c1. The molecule has 0 saturated carbocycles. The molecule has 0 radical (unpaired) electrons. The molecule has 0 spiro atoms. The monoisotopic (exact) mass is 262 g/mol. The summed E-state index contributed by atoms with van der Waals surface area (Å²) in [7, 11) is 2.15. The third-order valence-corrected chi connectivity index (χ3v) is 3.36. The van der Waals surface area contributed by atoms with E-state index < -0.39 is 0 Å². The van der Waals surface area contributed by atoms with Gasteiger partial charge < -0.3 is 10.6 Å². The van der Waals surface area contributed by atoms with Crippen molar-refractivity contribution in [2.75, 3.05) is 18.5 Å². The maximum Gasteiger partial charge on any atom is 0.0368 e. The van der Waals surface area contributed by atoms with E-state index in [9.17, 15) is 0 Å². The summed E-state index contributed by atoms with van der Waals surface area (Å²) >= 11 is 0. The summed E-state index contributed by atoms with van der Waals surface area (Å²) < 4.78 is 0. The molecular formula is C17H30N2. The van der Waals surface area contributed by atoms with Crippen LogP contribution < -0.4 is 10.6 Å². The van der Waals surface area contributed by atoms with Gasteiger partial charge in [-0.3, -0.25) is 0 Å². The first-order valence-electron chi connectivity index (χ1n) is 7.22.